The maximum absolute atomic E-state index is 6.23. The second-order valence-corrected chi connectivity index (χ2v) is 11.9. The smallest absolute Gasteiger partial charge is 0.228 e. The van der Waals surface area contributed by atoms with Crippen LogP contribution in [0.2, 0.25) is 0 Å². The normalized spacial score (nSPS) is 11.8. The van der Waals surface area contributed by atoms with Gasteiger partial charge in [-0.1, -0.05) is 109 Å². The van der Waals surface area contributed by atoms with Crippen molar-refractivity contribution in [2.24, 2.45) is 0 Å². The molecule has 0 N–H and O–H groups in total. The minimum Gasteiger partial charge on any atom is -0.456 e. The summed E-state index contributed by atoms with van der Waals surface area (Å²) in [7, 11) is 0. The first-order chi connectivity index (χ1) is 23.8. The third-order valence-electron chi connectivity index (χ3n) is 9.02. The lowest BCUT2D eigenvalue weighted by Gasteiger charge is -2.10. The summed E-state index contributed by atoms with van der Waals surface area (Å²) in [6.07, 6.45) is 1.74. The average Bonchev–Trinajstić information content (AvgIpc) is 3.73. The summed E-state index contributed by atoms with van der Waals surface area (Å²) in [4.78, 5) is 19.9. The van der Waals surface area contributed by atoms with Crippen LogP contribution in [-0.4, -0.2) is 19.9 Å². The first-order valence-electron chi connectivity index (χ1n) is 15.8. The highest BCUT2D eigenvalue weighted by Crippen LogP contribution is 2.39. The Labute approximate surface area is 274 Å². The van der Waals surface area contributed by atoms with Gasteiger partial charge in [-0.3, -0.25) is 0 Å². The predicted octanol–water partition coefficient (Wildman–Crippen LogP) is 10.9. The Bertz CT molecular complexity index is 2720. The van der Waals surface area contributed by atoms with E-state index in [1.807, 2.05) is 66.7 Å². The second kappa shape index (κ2) is 10.4. The summed E-state index contributed by atoms with van der Waals surface area (Å²) in [5.74, 6) is 1.67. The zero-order valence-electron chi connectivity index (χ0n) is 25.5. The van der Waals surface area contributed by atoms with Gasteiger partial charge in [0.15, 0.2) is 17.5 Å². The van der Waals surface area contributed by atoms with Gasteiger partial charge in [-0.15, -0.1) is 0 Å². The maximum atomic E-state index is 6.23. The van der Waals surface area contributed by atoms with Crippen molar-refractivity contribution in [1.82, 2.24) is 19.9 Å². The van der Waals surface area contributed by atoms with Gasteiger partial charge in [-0.2, -0.15) is 0 Å². The molecular formula is C42H24N4O2. The number of hydrogen-bond donors (Lipinski definition) is 0. The summed E-state index contributed by atoms with van der Waals surface area (Å²) in [6.45, 7) is 0. The van der Waals surface area contributed by atoms with Gasteiger partial charge >= 0.3 is 0 Å². The van der Waals surface area contributed by atoms with Gasteiger partial charge in [0, 0.05) is 39.0 Å². The molecule has 6 heteroatoms. The van der Waals surface area contributed by atoms with Crippen LogP contribution < -0.4 is 0 Å². The summed E-state index contributed by atoms with van der Waals surface area (Å²) in [6, 6.07) is 47.3. The molecule has 0 fully saturated rings. The van der Waals surface area contributed by atoms with E-state index in [2.05, 4.69) is 77.8 Å². The molecule has 10 rings (SSSR count). The standard InChI is InChI=1S/C42H24N4O2/c1-2-9-28-24-29(21-18-25(28)8-1)26-16-19-27(20-17-26)39-44-40(32-12-7-15-36-37(32)30-10-3-5-13-34(30)47-36)46-41(45-39)33-22-23-43-42-38(33)31-11-4-6-14-35(31)48-42/h1-24H. The molecule has 4 aromatic heterocycles. The Morgan fingerprint density at radius 3 is 1.81 bits per heavy atom. The molecule has 0 atom stereocenters. The first-order valence-corrected chi connectivity index (χ1v) is 15.8. The largest absolute Gasteiger partial charge is 0.456 e. The third kappa shape index (κ3) is 4.20. The quantitative estimate of drug-likeness (QED) is 0.196. The average molecular weight is 617 g/mol. The van der Waals surface area contributed by atoms with Crippen molar-refractivity contribution in [1.29, 1.82) is 0 Å². The molecule has 6 nitrogen and oxygen atoms in total. The monoisotopic (exact) mass is 616 g/mol. The molecule has 0 saturated heterocycles. The molecule has 0 saturated carbocycles. The fraction of sp³-hybridized carbons (Fsp3) is 0. The SMILES string of the molecule is c1ccc2cc(-c3ccc(-c4nc(-c5cccc6oc7ccccc7c56)nc(-c5ccnc6oc7ccccc7c56)n4)cc3)ccc2c1. The van der Waals surface area contributed by atoms with Crippen LogP contribution in [-0.2, 0) is 0 Å². The molecule has 0 aliphatic heterocycles. The molecule has 0 bridgehead atoms. The minimum absolute atomic E-state index is 0.539. The summed E-state index contributed by atoms with van der Waals surface area (Å²) in [5.41, 5.74) is 7.76. The van der Waals surface area contributed by atoms with E-state index in [9.17, 15) is 0 Å². The minimum atomic E-state index is 0.539. The highest BCUT2D eigenvalue weighted by Gasteiger charge is 2.20. The number of hydrogen-bond acceptors (Lipinski definition) is 6. The van der Waals surface area contributed by atoms with Gasteiger partial charge in [0.1, 0.15) is 16.7 Å². The van der Waals surface area contributed by atoms with E-state index in [0.717, 1.165) is 66.1 Å². The summed E-state index contributed by atoms with van der Waals surface area (Å²) >= 11 is 0. The van der Waals surface area contributed by atoms with Crippen molar-refractivity contribution < 1.29 is 8.83 Å². The van der Waals surface area contributed by atoms with Gasteiger partial charge in [0.25, 0.3) is 0 Å². The number of fused-ring (bicyclic) bond motifs is 7. The topological polar surface area (TPSA) is 77.8 Å². The number of rotatable bonds is 4. The van der Waals surface area contributed by atoms with Crippen molar-refractivity contribution in [2.45, 2.75) is 0 Å². The van der Waals surface area contributed by atoms with Crippen LogP contribution in [0.5, 0.6) is 0 Å². The zero-order chi connectivity index (χ0) is 31.6. The number of aromatic nitrogens is 4. The van der Waals surface area contributed by atoms with Gasteiger partial charge in [-0.05, 0) is 52.2 Å². The maximum Gasteiger partial charge on any atom is 0.228 e. The lowest BCUT2D eigenvalue weighted by Crippen LogP contribution is -2.01. The highest BCUT2D eigenvalue weighted by atomic mass is 16.3. The van der Waals surface area contributed by atoms with Gasteiger partial charge < -0.3 is 8.83 Å². The third-order valence-corrected chi connectivity index (χ3v) is 9.02. The lowest BCUT2D eigenvalue weighted by atomic mass is 10.00. The number of para-hydroxylation sites is 2. The van der Waals surface area contributed by atoms with Crippen molar-refractivity contribution in [3.05, 3.63) is 146 Å². The molecule has 48 heavy (non-hydrogen) atoms. The molecule has 0 unspecified atom stereocenters. The van der Waals surface area contributed by atoms with Crippen LogP contribution in [0.4, 0.5) is 0 Å². The van der Waals surface area contributed by atoms with E-state index in [4.69, 9.17) is 23.8 Å². The molecule has 0 aliphatic carbocycles. The molecular weight excluding hydrogens is 592 g/mol. The number of pyridine rings is 1. The molecule has 0 aliphatic rings. The number of nitrogens with zero attached hydrogens (tertiary/aromatic N) is 4. The molecule has 6 aromatic carbocycles. The Balaban J connectivity index is 1.19. The Morgan fingerprint density at radius 2 is 1.00 bits per heavy atom. The Hall–Kier alpha value is -6.66. The molecule has 0 amide bonds. The van der Waals surface area contributed by atoms with Crippen LogP contribution in [0, 0.1) is 0 Å². The number of furan rings is 2. The van der Waals surface area contributed by atoms with E-state index < -0.39 is 0 Å². The van der Waals surface area contributed by atoms with Crippen LogP contribution in [0.15, 0.2) is 155 Å². The van der Waals surface area contributed by atoms with Crippen LogP contribution in [0.3, 0.4) is 0 Å². The van der Waals surface area contributed by atoms with E-state index in [1.54, 1.807) is 6.20 Å². The summed E-state index contributed by atoms with van der Waals surface area (Å²) in [5, 5.41) is 6.24. The van der Waals surface area contributed by atoms with Crippen LogP contribution in [0.1, 0.15) is 0 Å². The van der Waals surface area contributed by atoms with Crippen molar-refractivity contribution in [3.63, 3.8) is 0 Å². The van der Waals surface area contributed by atoms with Crippen molar-refractivity contribution in [3.8, 4) is 45.3 Å². The van der Waals surface area contributed by atoms with Crippen LogP contribution in [0.25, 0.3) is 100 Å². The lowest BCUT2D eigenvalue weighted by molar-refractivity contribution is 0.654. The van der Waals surface area contributed by atoms with E-state index in [0.29, 0.717) is 23.2 Å². The predicted molar refractivity (Wildman–Crippen MR) is 191 cm³/mol. The second-order valence-electron chi connectivity index (χ2n) is 11.9. The van der Waals surface area contributed by atoms with E-state index in [1.165, 1.54) is 10.8 Å². The summed E-state index contributed by atoms with van der Waals surface area (Å²) < 4.78 is 12.4. The number of benzene rings is 6. The van der Waals surface area contributed by atoms with E-state index in [-0.39, 0.29) is 0 Å². The van der Waals surface area contributed by atoms with Gasteiger partial charge in [-0.25, -0.2) is 19.9 Å². The highest BCUT2D eigenvalue weighted by molar-refractivity contribution is 6.12. The molecule has 224 valence electrons. The fourth-order valence-corrected chi connectivity index (χ4v) is 6.72. The molecule has 0 radical (unpaired) electrons. The van der Waals surface area contributed by atoms with E-state index >= 15 is 0 Å². The zero-order valence-corrected chi connectivity index (χ0v) is 25.5. The Morgan fingerprint density at radius 1 is 0.396 bits per heavy atom. The molecule has 4 heterocycles. The van der Waals surface area contributed by atoms with Crippen molar-refractivity contribution in [2.75, 3.05) is 0 Å². The van der Waals surface area contributed by atoms with Gasteiger partial charge in [0.05, 0.1) is 5.39 Å². The first kappa shape index (κ1) is 26.5. The Kier molecular flexibility index (Phi) is 5.77. The van der Waals surface area contributed by atoms with Gasteiger partial charge in [0.2, 0.25) is 5.71 Å². The molecule has 0 spiro atoms. The van der Waals surface area contributed by atoms with Crippen molar-refractivity contribution >= 4 is 54.8 Å². The molecule has 10 aromatic rings. The van der Waals surface area contributed by atoms with Crippen LogP contribution >= 0.6 is 0 Å². The fourth-order valence-electron chi connectivity index (χ4n) is 6.72.